The summed E-state index contributed by atoms with van der Waals surface area (Å²) in [5.41, 5.74) is 1.89. The molecule has 1 aliphatic heterocycles. The SMILES string of the molecule is COc1ccc(C(=O)OC(C)C(=O)N2CCc3ccccc32)cc1S(=O)(=O)N(C)C. The summed E-state index contributed by atoms with van der Waals surface area (Å²) in [4.78, 5) is 26.9. The molecular weight excluding hydrogens is 408 g/mol. The maximum Gasteiger partial charge on any atom is 0.338 e. The molecular formula is C21H24N2O6S. The second-order valence-electron chi connectivity index (χ2n) is 7.07. The third kappa shape index (κ3) is 4.03. The molecule has 0 saturated carbocycles. The van der Waals surface area contributed by atoms with E-state index in [0.29, 0.717) is 6.54 Å². The number of sulfonamides is 1. The fourth-order valence-corrected chi connectivity index (χ4v) is 4.34. The molecule has 2 aromatic rings. The molecule has 2 aromatic carbocycles. The van der Waals surface area contributed by atoms with Crippen molar-refractivity contribution in [3.63, 3.8) is 0 Å². The van der Waals surface area contributed by atoms with Crippen LogP contribution in [0.25, 0.3) is 0 Å². The number of carbonyl (C=O) groups excluding carboxylic acids is 2. The number of nitrogens with zero attached hydrogens (tertiary/aromatic N) is 2. The summed E-state index contributed by atoms with van der Waals surface area (Å²) in [5.74, 6) is -1.01. The van der Waals surface area contributed by atoms with Crippen molar-refractivity contribution in [2.45, 2.75) is 24.3 Å². The average Bonchev–Trinajstić information content (AvgIpc) is 3.16. The van der Waals surface area contributed by atoms with Crippen LogP contribution in [0.4, 0.5) is 5.69 Å². The van der Waals surface area contributed by atoms with E-state index in [9.17, 15) is 18.0 Å². The van der Waals surface area contributed by atoms with E-state index in [2.05, 4.69) is 0 Å². The molecule has 160 valence electrons. The summed E-state index contributed by atoms with van der Waals surface area (Å²) >= 11 is 0. The number of hydrogen-bond acceptors (Lipinski definition) is 6. The fraction of sp³-hybridized carbons (Fsp3) is 0.333. The number of ether oxygens (including phenoxy) is 2. The fourth-order valence-electron chi connectivity index (χ4n) is 3.27. The Balaban J connectivity index is 1.80. The van der Waals surface area contributed by atoms with Gasteiger partial charge < -0.3 is 14.4 Å². The van der Waals surface area contributed by atoms with Crippen LogP contribution in [0.15, 0.2) is 47.4 Å². The second-order valence-corrected chi connectivity index (χ2v) is 9.19. The average molecular weight is 432 g/mol. The van der Waals surface area contributed by atoms with Gasteiger partial charge in [0.1, 0.15) is 10.6 Å². The lowest BCUT2D eigenvalue weighted by molar-refractivity contribution is -0.126. The molecule has 9 heteroatoms. The zero-order chi connectivity index (χ0) is 22.1. The van der Waals surface area contributed by atoms with Gasteiger partial charge in [-0.2, -0.15) is 0 Å². The molecule has 0 fully saturated rings. The lowest BCUT2D eigenvalue weighted by atomic mass is 10.2. The molecule has 0 spiro atoms. The van der Waals surface area contributed by atoms with E-state index in [1.54, 1.807) is 4.90 Å². The maximum absolute atomic E-state index is 12.8. The number of esters is 1. The Morgan fingerprint density at radius 3 is 2.50 bits per heavy atom. The minimum atomic E-state index is -3.84. The van der Waals surface area contributed by atoms with Crippen molar-refractivity contribution >= 4 is 27.6 Å². The Morgan fingerprint density at radius 1 is 1.13 bits per heavy atom. The van der Waals surface area contributed by atoms with Crippen LogP contribution in [-0.2, 0) is 26.0 Å². The monoisotopic (exact) mass is 432 g/mol. The third-order valence-corrected chi connectivity index (χ3v) is 6.78. The van der Waals surface area contributed by atoms with Crippen LogP contribution >= 0.6 is 0 Å². The maximum atomic E-state index is 12.8. The number of fused-ring (bicyclic) bond motifs is 1. The first kappa shape index (κ1) is 21.8. The molecule has 1 atom stereocenters. The van der Waals surface area contributed by atoms with Crippen molar-refractivity contribution in [1.29, 1.82) is 0 Å². The Labute approximate surface area is 176 Å². The van der Waals surface area contributed by atoms with Crippen LogP contribution < -0.4 is 9.64 Å². The summed E-state index contributed by atoms with van der Waals surface area (Å²) in [5, 5.41) is 0. The molecule has 1 heterocycles. The van der Waals surface area contributed by atoms with E-state index in [1.807, 2.05) is 24.3 Å². The van der Waals surface area contributed by atoms with Crippen LogP contribution in [0.5, 0.6) is 5.75 Å². The highest BCUT2D eigenvalue weighted by Gasteiger charge is 2.31. The highest BCUT2D eigenvalue weighted by Crippen LogP contribution is 2.29. The van der Waals surface area contributed by atoms with Crippen molar-refractivity contribution in [3.8, 4) is 5.75 Å². The van der Waals surface area contributed by atoms with Crippen molar-refractivity contribution in [3.05, 3.63) is 53.6 Å². The number of para-hydroxylation sites is 1. The molecule has 0 saturated heterocycles. The van der Waals surface area contributed by atoms with Gasteiger partial charge in [-0.3, -0.25) is 4.79 Å². The van der Waals surface area contributed by atoms with Crippen molar-refractivity contribution < 1.29 is 27.5 Å². The molecule has 1 aliphatic rings. The highest BCUT2D eigenvalue weighted by atomic mass is 32.2. The first-order chi connectivity index (χ1) is 14.2. The number of amides is 1. The number of anilines is 1. The van der Waals surface area contributed by atoms with Gasteiger partial charge in [0.2, 0.25) is 10.0 Å². The number of benzene rings is 2. The standard InChI is InChI=1S/C21H24N2O6S/c1-14(20(24)23-12-11-15-7-5-6-8-17(15)23)29-21(25)16-9-10-18(28-4)19(13-16)30(26,27)22(2)3/h5-10,13-14H,11-12H2,1-4H3. The topological polar surface area (TPSA) is 93.2 Å². The predicted octanol–water partition coefficient (Wildman–Crippen LogP) is 2.08. The normalized spacial score (nSPS) is 14.4. The third-order valence-electron chi connectivity index (χ3n) is 4.94. The number of methoxy groups -OCH3 is 1. The van der Waals surface area contributed by atoms with Crippen LogP contribution in [0.2, 0.25) is 0 Å². The lowest BCUT2D eigenvalue weighted by Crippen LogP contribution is -2.39. The highest BCUT2D eigenvalue weighted by molar-refractivity contribution is 7.89. The largest absolute Gasteiger partial charge is 0.495 e. The minimum absolute atomic E-state index is 0.0118. The smallest absolute Gasteiger partial charge is 0.338 e. The van der Waals surface area contributed by atoms with Gasteiger partial charge in [-0.15, -0.1) is 0 Å². The zero-order valence-corrected chi connectivity index (χ0v) is 18.1. The van der Waals surface area contributed by atoms with E-state index < -0.39 is 22.1 Å². The summed E-state index contributed by atoms with van der Waals surface area (Å²) in [7, 11) is 0.269. The van der Waals surface area contributed by atoms with Gasteiger partial charge >= 0.3 is 5.97 Å². The summed E-state index contributed by atoms with van der Waals surface area (Å²) < 4.78 is 36.6. The quantitative estimate of drug-likeness (QED) is 0.649. The summed E-state index contributed by atoms with van der Waals surface area (Å²) in [6.45, 7) is 2.02. The van der Waals surface area contributed by atoms with Crippen LogP contribution in [0.1, 0.15) is 22.8 Å². The molecule has 0 N–H and O–H groups in total. The summed E-state index contributed by atoms with van der Waals surface area (Å²) in [6, 6.07) is 11.6. The minimum Gasteiger partial charge on any atom is -0.495 e. The van der Waals surface area contributed by atoms with E-state index in [4.69, 9.17) is 9.47 Å². The molecule has 1 unspecified atom stereocenters. The molecule has 0 bridgehead atoms. The van der Waals surface area contributed by atoms with Gasteiger partial charge in [-0.05, 0) is 43.2 Å². The second kappa shape index (κ2) is 8.45. The Bertz CT molecular complexity index is 1080. The van der Waals surface area contributed by atoms with Gasteiger partial charge in [0.05, 0.1) is 12.7 Å². The molecule has 3 rings (SSSR count). The molecule has 8 nitrogen and oxygen atoms in total. The van der Waals surface area contributed by atoms with Crippen molar-refractivity contribution in [2.75, 3.05) is 32.6 Å². The Hall–Kier alpha value is -2.91. The van der Waals surface area contributed by atoms with E-state index in [0.717, 1.165) is 22.0 Å². The lowest BCUT2D eigenvalue weighted by Gasteiger charge is -2.22. The Kier molecular flexibility index (Phi) is 6.14. The van der Waals surface area contributed by atoms with Crippen LogP contribution in [-0.4, -0.2) is 58.5 Å². The van der Waals surface area contributed by atoms with Gasteiger partial charge in [-0.1, -0.05) is 18.2 Å². The molecule has 0 aromatic heterocycles. The first-order valence-electron chi connectivity index (χ1n) is 9.37. The number of carbonyl (C=O) groups is 2. The molecule has 1 amide bonds. The molecule has 30 heavy (non-hydrogen) atoms. The van der Waals surface area contributed by atoms with Gasteiger partial charge in [0.15, 0.2) is 6.10 Å². The van der Waals surface area contributed by atoms with Gasteiger partial charge in [0.25, 0.3) is 5.91 Å². The van der Waals surface area contributed by atoms with Crippen LogP contribution in [0.3, 0.4) is 0 Å². The Morgan fingerprint density at radius 2 is 1.83 bits per heavy atom. The van der Waals surface area contributed by atoms with Crippen molar-refractivity contribution in [2.24, 2.45) is 0 Å². The van der Waals surface area contributed by atoms with E-state index in [1.165, 1.54) is 46.3 Å². The summed E-state index contributed by atoms with van der Waals surface area (Å²) in [6.07, 6.45) is -0.285. The van der Waals surface area contributed by atoms with Crippen LogP contribution in [0, 0.1) is 0 Å². The van der Waals surface area contributed by atoms with Crippen molar-refractivity contribution in [1.82, 2.24) is 4.31 Å². The predicted molar refractivity (Wildman–Crippen MR) is 111 cm³/mol. The van der Waals surface area contributed by atoms with Gasteiger partial charge in [0, 0.05) is 26.3 Å². The van der Waals surface area contributed by atoms with E-state index in [-0.39, 0.29) is 22.1 Å². The number of hydrogen-bond donors (Lipinski definition) is 0. The zero-order valence-electron chi connectivity index (χ0n) is 17.3. The molecule has 0 aliphatic carbocycles. The first-order valence-corrected chi connectivity index (χ1v) is 10.8. The van der Waals surface area contributed by atoms with Gasteiger partial charge in [-0.25, -0.2) is 17.5 Å². The molecule has 0 radical (unpaired) electrons. The number of rotatable bonds is 6. The van der Waals surface area contributed by atoms with E-state index >= 15 is 0 Å².